The third kappa shape index (κ3) is 2.07. The molecule has 0 aromatic carbocycles. The first kappa shape index (κ1) is 9.24. The summed E-state index contributed by atoms with van der Waals surface area (Å²) in [4.78, 5) is 0. The molecule has 0 atom stereocenters. The summed E-state index contributed by atoms with van der Waals surface area (Å²) in [6, 6.07) is 4.86. The smallest absolute Gasteiger partial charge is 0.172 e. The second-order valence-corrected chi connectivity index (χ2v) is 3.83. The van der Waals surface area contributed by atoms with Crippen LogP contribution in [0.3, 0.4) is 0 Å². The summed E-state index contributed by atoms with van der Waals surface area (Å²) in [5.41, 5.74) is 1.41. The van der Waals surface area contributed by atoms with E-state index in [1.54, 1.807) is 0 Å². The lowest BCUT2D eigenvalue weighted by atomic mass is 10.1. The van der Waals surface area contributed by atoms with Gasteiger partial charge in [-0.1, -0.05) is 13.8 Å². The highest BCUT2D eigenvalue weighted by atomic mass is 15.0. The zero-order chi connectivity index (χ0) is 9.14. The van der Waals surface area contributed by atoms with Gasteiger partial charge in [-0.05, 0) is 25.8 Å². The first-order valence-electron chi connectivity index (χ1n) is 4.62. The summed E-state index contributed by atoms with van der Waals surface area (Å²) in [5, 5.41) is 0. The van der Waals surface area contributed by atoms with Crippen molar-refractivity contribution in [1.82, 2.24) is 0 Å². The van der Waals surface area contributed by atoms with E-state index in [1.807, 2.05) is 0 Å². The number of rotatable bonds is 2. The summed E-state index contributed by atoms with van der Waals surface area (Å²) in [5.74, 6) is 0.621. The van der Waals surface area contributed by atoms with E-state index in [0.717, 1.165) is 0 Å². The van der Waals surface area contributed by atoms with Crippen LogP contribution in [0.4, 0.5) is 0 Å². The predicted molar refractivity (Wildman–Crippen MR) is 51.1 cm³/mol. The van der Waals surface area contributed by atoms with Crippen LogP contribution in [0, 0.1) is 0 Å². The van der Waals surface area contributed by atoms with Crippen molar-refractivity contribution in [2.75, 3.05) is 0 Å². The van der Waals surface area contributed by atoms with Crippen LogP contribution in [0.5, 0.6) is 0 Å². The maximum atomic E-state index is 2.25. The number of nitrogens with zero attached hydrogens (tertiary/aromatic N) is 1. The summed E-state index contributed by atoms with van der Waals surface area (Å²) in [7, 11) is 0. The third-order valence-electron chi connectivity index (χ3n) is 2.11. The standard InChI is InChI=1S/C11H18N/c1-9(2)11-6-5-7-12(8-11)10(3)4/h5-10H,1-4H3/q+1. The van der Waals surface area contributed by atoms with Gasteiger partial charge in [0.05, 0.1) is 0 Å². The molecule has 0 radical (unpaired) electrons. The lowest BCUT2D eigenvalue weighted by molar-refractivity contribution is -0.716. The van der Waals surface area contributed by atoms with Crippen molar-refractivity contribution in [2.45, 2.75) is 39.7 Å². The molecule has 0 aliphatic heterocycles. The second-order valence-electron chi connectivity index (χ2n) is 3.83. The molecule has 0 aliphatic rings. The quantitative estimate of drug-likeness (QED) is 0.592. The Balaban J connectivity index is 2.96. The maximum absolute atomic E-state index is 2.25. The normalized spacial score (nSPS) is 11.2. The zero-order valence-electron chi connectivity index (χ0n) is 8.41. The van der Waals surface area contributed by atoms with E-state index in [1.165, 1.54) is 5.56 Å². The van der Waals surface area contributed by atoms with Crippen molar-refractivity contribution < 1.29 is 4.57 Å². The number of hydrogen-bond donors (Lipinski definition) is 0. The minimum absolute atomic E-state index is 0.559. The van der Waals surface area contributed by atoms with Crippen LogP contribution >= 0.6 is 0 Å². The van der Waals surface area contributed by atoms with Gasteiger partial charge in [-0.3, -0.25) is 0 Å². The van der Waals surface area contributed by atoms with E-state index in [9.17, 15) is 0 Å². The van der Waals surface area contributed by atoms with Gasteiger partial charge in [0.1, 0.15) is 0 Å². The lowest BCUT2D eigenvalue weighted by Gasteiger charge is -2.05. The van der Waals surface area contributed by atoms with Gasteiger partial charge in [0, 0.05) is 11.6 Å². The fourth-order valence-electron chi connectivity index (χ4n) is 1.17. The van der Waals surface area contributed by atoms with Gasteiger partial charge in [0.15, 0.2) is 18.4 Å². The molecule has 66 valence electrons. The number of hydrogen-bond acceptors (Lipinski definition) is 0. The van der Waals surface area contributed by atoms with Crippen molar-refractivity contribution in [1.29, 1.82) is 0 Å². The Morgan fingerprint density at radius 3 is 2.33 bits per heavy atom. The van der Waals surface area contributed by atoms with Gasteiger partial charge in [-0.15, -0.1) is 0 Å². The molecule has 1 heteroatoms. The van der Waals surface area contributed by atoms with Crippen molar-refractivity contribution in [3.8, 4) is 0 Å². The first-order valence-corrected chi connectivity index (χ1v) is 4.62. The molecule has 1 aromatic heterocycles. The van der Waals surface area contributed by atoms with Crippen LogP contribution < -0.4 is 4.57 Å². The summed E-state index contributed by atoms with van der Waals surface area (Å²) in [6.45, 7) is 8.84. The Morgan fingerprint density at radius 1 is 1.17 bits per heavy atom. The van der Waals surface area contributed by atoms with E-state index in [0.29, 0.717) is 12.0 Å². The van der Waals surface area contributed by atoms with Crippen LogP contribution in [-0.2, 0) is 0 Å². The Kier molecular flexibility index (Phi) is 2.85. The van der Waals surface area contributed by atoms with Crippen LogP contribution in [0.1, 0.15) is 45.2 Å². The molecule has 1 nitrogen and oxygen atoms in total. The molecule has 0 bridgehead atoms. The molecule has 0 saturated heterocycles. The van der Waals surface area contributed by atoms with Crippen LogP contribution in [0.15, 0.2) is 24.5 Å². The fourth-order valence-corrected chi connectivity index (χ4v) is 1.17. The highest BCUT2D eigenvalue weighted by Gasteiger charge is 2.08. The molecule has 1 heterocycles. The molecule has 0 N–H and O–H groups in total. The van der Waals surface area contributed by atoms with E-state index in [-0.39, 0.29) is 0 Å². The summed E-state index contributed by atoms with van der Waals surface area (Å²) >= 11 is 0. The first-order chi connectivity index (χ1) is 5.61. The highest BCUT2D eigenvalue weighted by molar-refractivity contribution is 5.09. The minimum Gasteiger partial charge on any atom is -0.203 e. The van der Waals surface area contributed by atoms with Crippen molar-refractivity contribution in [2.24, 2.45) is 0 Å². The van der Waals surface area contributed by atoms with Crippen molar-refractivity contribution >= 4 is 0 Å². The topological polar surface area (TPSA) is 3.88 Å². The van der Waals surface area contributed by atoms with Crippen molar-refractivity contribution in [3.63, 3.8) is 0 Å². The van der Waals surface area contributed by atoms with Crippen molar-refractivity contribution in [3.05, 3.63) is 30.1 Å². The Morgan fingerprint density at radius 2 is 1.83 bits per heavy atom. The minimum atomic E-state index is 0.559. The maximum Gasteiger partial charge on any atom is 0.172 e. The molecule has 0 spiro atoms. The molecule has 12 heavy (non-hydrogen) atoms. The van der Waals surface area contributed by atoms with Gasteiger partial charge >= 0.3 is 0 Å². The number of pyridine rings is 1. The molecular weight excluding hydrogens is 146 g/mol. The van der Waals surface area contributed by atoms with Crippen LogP contribution in [0.2, 0.25) is 0 Å². The van der Waals surface area contributed by atoms with E-state index in [2.05, 4.69) is 56.8 Å². The van der Waals surface area contributed by atoms with Crippen LogP contribution in [-0.4, -0.2) is 0 Å². The second kappa shape index (κ2) is 3.70. The molecule has 0 saturated carbocycles. The third-order valence-corrected chi connectivity index (χ3v) is 2.11. The molecule has 1 aromatic rings. The summed E-state index contributed by atoms with van der Waals surface area (Å²) < 4.78 is 2.25. The average molecular weight is 164 g/mol. The highest BCUT2D eigenvalue weighted by Crippen LogP contribution is 2.11. The SMILES string of the molecule is CC(C)c1ccc[n+](C(C)C)c1. The van der Waals surface area contributed by atoms with Gasteiger partial charge in [0.2, 0.25) is 0 Å². The molecule has 0 amide bonds. The average Bonchev–Trinajstić information content (AvgIpc) is 2.04. The van der Waals surface area contributed by atoms with E-state index >= 15 is 0 Å². The van der Waals surface area contributed by atoms with Gasteiger partial charge in [0.25, 0.3) is 0 Å². The molecule has 0 fully saturated rings. The molecular formula is C11H18N+. The largest absolute Gasteiger partial charge is 0.203 e. The Labute approximate surface area is 75.1 Å². The fraction of sp³-hybridized carbons (Fsp3) is 0.545. The lowest BCUT2D eigenvalue weighted by Crippen LogP contribution is -2.35. The summed E-state index contributed by atoms with van der Waals surface area (Å²) in [6.07, 6.45) is 4.35. The predicted octanol–water partition coefficient (Wildman–Crippen LogP) is 2.68. The Hall–Kier alpha value is -0.850. The van der Waals surface area contributed by atoms with Gasteiger partial charge in [-0.2, -0.15) is 0 Å². The van der Waals surface area contributed by atoms with Crippen LogP contribution in [0.25, 0.3) is 0 Å². The van der Waals surface area contributed by atoms with Gasteiger partial charge in [-0.25, -0.2) is 4.57 Å². The molecule has 0 aliphatic carbocycles. The monoisotopic (exact) mass is 164 g/mol. The molecule has 0 unspecified atom stereocenters. The van der Waals surface area contributed by atoms with E-state index in [4.69, 9.17) is 0 Å². The van der Waals surface area contributed by atoms with Gasteiger partial charge < -0.3 is 0 Å². The number of aromatic nitrogens is 1. The Bertz CT molecular complexity index is 228. The van der Waals surface area contributed by atoms with E-state index < -0.39 is 0 Å². The molecule has 1 rings (SSSR count). The zero-order valence-corrected chi connectivity index (χ0v) is 8.41.